The Morgan fingerprint density at radius 1 is 1.07 bits per heavy atom. The maximum Gasteiger partial charge on any atom is 0.495 e. The van der Waals surface area contributed by atoms with Crippen molar-refractivity contribution in [3.8, 4) is 0 Å². The molecule has 1 aliphatic rings. The summed E-state index contributed by atoms with van der Waals surface area (Å²) in [4.78, 5) is 24.4. The number of nitrogens with zero attached hydrogens (tertiary/aromatic N) is 1. The van der Waals surface area contributed by atoms with Gasteiger partial charge in [-0.2, -0.15) is 0 Å². The zero-order chi connectivity index (χ0) is 21.8. The molecule has 0 saturated carbocycles. The smallest absolute Gasteiger partial charge is 0.465 e. The minimum absolute atomic E-state index is 0.139. The number of hydrogen-bond acceptors (Lipinski definition) is 5. The molecule has 1 aromatic carbocycles. The number of carbonyl (C=O) groups excluding carboxylic acids is 1. The molecular weight excluding hydrogens is 381 g/mol. The number of benzene rings is 1. The Kier molecular flexibility index (Phi) is 6.83. The molecule has 0 aliphatic carbocycles. The van der Waals surface area contributed by atoms with Gasteiger partial charge in [0.2, 0.25) is 5.56 Å². The van der Waals surface area contributed by atoms with E-state index >= 15 is 0 Å². The molecule has 1 aliphatic heterocycles. The third-order valence-electron chi connectivity index (χ3n) is 5.82. The van der Waals surface area contributed by atoms with E-state index in [0.29, 0.717) is 31.5 Å². The van der Waals surface area contributed by atoms with Crippen molar-refractivity contribution in [2.75, 3.05) is 6.61 Å². The molecule has 0 amide bonds. The zero-order valence-corrected chi connectivity index (χ0v) is 18.2. The van der Waals surface area contributed by atoms with Gasteiger partial charge in [-0.3, -0.25) is 9.59 Å². The van der Waals surface area contributed by atoms with Crippen molar-refractivity contribution >= 4 is 18.6 Å². The van der Waals surface area contributed by atoms with E-state index in [0.717, 1.165) is 5.56 Å². The monoisotopic (exact) mass is 411 g/mol. The molecule has 6 nitrogen and oxygen atoms in total. The van der Waals surface area contributed by atoms with Crippen LogP contribution in [0.15, 0.2) is 53.5 Å². The fourth-order valence-corrected chi connectivity index (χ4v) is 3.23. The fourth-order valence-electron chi connectivity index (χ4n) is 3.23. The van der Waals surface area contributed by atoms with Crippen molar-refractivity contribution < 1.29 is 18.8 Å². The molecule has 0 bridgehead atoms. The van der Waals surface area contributed by atoms with E-state index in [-0.39, 0.29) is 17.9 Å². The van der Waals surface area contributed by atoms with Crippen molar-refractivity contribution in [3.05, 3.63) is 64.6 Å². The van der Waals surface area contributed by atoms with E-state index in [1.54, 1.807) is 16.8 Å². The molecular formula is C23H30BNO5. The predicted molar refractivity (Wildman–Crippen MR) is 117 cm³/mol. The summed E-state index contributed by atoms with van der Waals surface area (Å²) in [7, 11) is -0.558. The minimum Gasteiger partial charge on any atom is -0.465 e. The summed E-state index contributed by atoms with van der Waals surface area (Å²) in [6.07, 6.45) is 3.25. The van der Waals surface area contributed by atoms with E-state index in [4.69, 9.17) is 14.0 Å². The van der Waals surface area contributed by atoms with Crippen LogP contribution in [-0.2, 0) is 31.8 Å². The molecule has 160 valence electrons. The molecule has 0 spiro atoms. The lowest BCUT2D eigenvalue weighted by Gasteiger charge is -2.32. The van der Waals surface area contributed by atoms with Crippen molar-refractivity contribution in [2.45, 2.75) is 64.7 Å². The van der Waals surface area contributed by atoms with Crippen LogP contribution in [0, 0.1) is 0 Å². The Labute approximate surface area is 178 Å². The summed E-state index contributed by atoms with van der Waals surface area (Å²) in [5, 5.41) is 0. The van der Waals surface area contributed by atoms with Crippen LogP contribution in [0.5, 0.6) is 0 Å². The first-order valence-corrected chi connectivity index (χ1v) is 10.4. The Morgan fingerprint density at radius 2 is 1.73 bits per heavy atom. The molecule has 0 N–H and O–H groups in total. The van der Waals surface area contributed by atoms with Gasteiger partial charge in [0.15, 0.2) is 0 Å². The van der Waals surface area contributed by atoms with Crippen LogP contribution in [0.2, 0.25) is 0 Å². The van der Waals surface area contributed by atoms with Gasteiger partial charge in [0.05, 0.1) is 17.8 Å². The summed E-state index contributed by atoms with van der Waals surface area (Å²) in [6.45, 7) is 8.74. The van der Waals surface area contributed by atoms with Crippen LogP contribution in [0.25, 0.3) is 0 Å². The first kappa shape index (κ1) is 22.3. The van der Waals surface area contributed by atoms with Crippen LogP contribution in [-0.4, -0.2) is 35.5 Å². The average Bonchev–Trinajstić information content (AvgIpc) is 2.91. The van der Waals surface area contributed by atoms with Crippen LogP contribution < -0.4 is 11.0 Å². The van der Waals surface area contributed by atoms with E-state index in [9.17, 15) is 9.59 Å². The number of aromatic nitrogens is 1. The lowest BCUT2D eigenvalue weighted by molar-refractivity contribution is -0.143. The third-order valence-corrected chi connectivity index (χ3v) is 5.82. The molecule has 0 radical (unpaired) electrons. The highest BCUT2D eigenvalue weighted by molar-refractivity contribution is 6.62. The van der Waals surface area contributed by atoms with Gasteiger partial charge < -0.3 is 18.6 Å². The highest BCUT2D eigenvalue weighted by Gasteiger charge is 2.51. The topological polar surface area (TPSA) is 66.8 Å². The lowest BCUT2D eigenvalue weighted by Crippen LogP contribution is -2.41. The second-order valence-corrected chi connectivity index (χ2v) is 8.64. The first-order valence-electron chi connectivity index (χ1n) is 10.4. The molecule has 2 aromatic rings. The van der Waals surface area contributed by atoms with Gasteiger partial charge in [-0.05, 0) is 51.2 Å². The van der Waals surface area contributed by atoms with Crippen molar-refractivity contribution in [2.24, 2.45) is 0 Å². The van der Waals surface area contributed by atoms with Gasteiger partial charge in [-0.1, -0.05) is 30.3 Å². The molecule has 0 unspecified atom stereocenters. The summed E-state index contributed by atoms with van der Waals surface area (Å²) < 4.78 is 18.9. The van der Waals surface area contributed by atoms with Crippen LogP contribution in [0.1, 0.15) is 46.1 Å². The second kappa shape index (κ2) is 9.19. The zero-order valence-electron chi connectivity index (χ0n) is 18.2. The summed E-state index contributed by atoms with van der Waals surface area (Å²) >= 11 is 0. The van der Waals surface area contributed by atoms with Crippen LogP contribution in [0.3, 0.4) is 0 Å². The lowest BCUT2D eigenvalue weighted by atomic mass is 9.80. The fraction of sp³-hybridized carbons (Fsp3) is 0.478. The first-order chi connectivity index (χ1) is 14.2. The number of carbonyl (C=O) groups is 1. The maximum absolute atomic E-state index is 12.5. The SMILES string of the molecule is CC1(C)OB(c2ccn(CCCC(=O)OCCc3ccccc3)c(=O)c2)OC1(C)C. The molecule has 7 heteroatoms. The van der Waals surface area contributed by atoms with E-state index in [1.807, 2.05) is 64.1 Å². The third kappa shape index (κ3) is 5.40. The maximum atomic E-state index is 12.5. The normalized spacial score (nSPS) is 17.1. The standard InChI is InChI=1S/C23H30BNO5/c1-22(2)23(3,4)30-24(29-22)19-12-15-25(20(26)17-19)14-8-11-21(27)28-16-13-18-9-6-5-7-10-18/h5-7,9-10,12,15,17H,8,11,13-14,16H2,1-4H3. The molecule has 0 atom stereocenters. The Balaban J connectivity index is 1.45. The number of rotatable bonds is 8. The number of ether oxygens (including phenoxy) is 1. The number of aryl methyl sites for hydroxylation is 1. The summed E-state index contributed by atoms with van der Waals surface area (Å²) in [5.41, 5.74) is 0.801. The molecule has 1 saturated heterocycles. The number of hydrogen-bond donors (Lipinski definition) is 0. The van der Waals surface area contributed by atoms with Crippen molar-refractivity contribution in [1.29, 1.82) is 0 Å². The largest absolute Gasteiger partial charge is 0.495 e. The Hall–Kier alpha value is -2.38. The molecule has 30 heavy (non-hydrogen) atoms. The molecule has 1 aromatic heterocycles. The Bertz CT molecular complexity index is 907. The van der Waals surface area contributed by atoms with Crippen molar-refractivity contribution in [3.63, 3.8) is 0 Å². The van der Waals surface area contributed by atoms with Gasteiger partial charge in [0.25, 0.3) is 0 Å². The van der Waals surface area contributed by atoms with E-state index < -0.39 is 18.3 Å². The van der Waals surface area contributed by atoms with Gasteiger partial charge in [0.1, 0.15) is 0 Å². The average molecular weight is 411 g/mol. The second-order valence-electron chi connectivity index (χ2n) is 8.64. The highest BCUT2D eigenvalue weighted by atomic mass is 16.7. The van der Waals surface area contributed by atoms with Crippen molar-refractivity contribution in [1.82, 2.24) is 4.57 Å². The van der Waals surface area contributed by atoms with Crippen LogP contribution in [0.4, 0.5) is 0 Å². The van der Waals surface area contributed by atoms with Gasteiger partial charge in [-0.15, -0.1) is 0 Å². The molecule has 3 rings (SSSR count). The molecule has 1 fully saturated rings. The van der Waals surface area contributed by atoms with E-state index in [1.165, 1.54) is 0 Å². The number of esters is 1. The van der Waals surface area contributed by atoms with E-state index in [2.05, 4.69) is 0 Å². The Morgan fingerprint density at radius 3 is 2.37 bits per heavy atom. The summed E-state index contributed by atoms with van der Waals surface area (Å²) in [6, 6.07) is 13.3. The van der Waals surface area contributed by atoms with Gasteiger partial charge in [0, 0.05) is 31.6 Å². The predicted octanol–water partition coefficient (Wildman–Crippen LogP) is 2.71. The van der Waals surface area contributed by atoms with Crippen LogP contribution >= 0.6 is 0 Å². The van der Waals surface area contributed by atoms with Gasteiger partial charge >= 0.3 is 13.1 Å². The summed E-state index contributed by atoms with van der Waals surface area (Å²) in [5.74, 6) is -0.243. The highest BCUT2D eigenvalue weighted by Crippen LogP contribution is 2.36. The number of pyridine rings is 1. The van der Waals surface area contributed by atoms with Gasteiger partial charge in [-0.25, -0.2) is 0 Å². The molecule has 2 heterocycles. The minimum atomic E-state index is -0.558. The quantitative estimate of drug-likeness (QED) is 0.494.